The van der Waals surface area contributed by atoms with Crippen LogP contribution in [0.5, 0.6) is 0 Å². The van der Waals surface area contributed by atoms with Gasteiger partial charge in [0.15, 0.2) is 0 Å². The molecule has 124 valence electrons. The second-order valence-electron chi connectivity index (χ2n) is 6.68. The molecule has 0 unspecified atom stereocenters. The maximum atomic E-state index is 12.5. The number of carbonyl (C=O) groups is 1. The van der Waals surface area contributed by atoms with Crippen molar-refractivity contribution >= 4 is 16.8 Å². The monoisotopic (exact) mass is 314 g/mol. The van der Waals surface area contributed by atoms with E-state index in [0.717, 1.165) is 32.2 Å². The molecule has 1 heterocycles. The Morgan fingerprint density at radius 1 is 1.22 bits per heavy atom. The number of aliphatic hydroxyl groups is 1. The fraction of sp³-hybridized carbons (Fsp3) is 0.526. The van der Waals surface area contributed by atoms with Crippen molar-refractivity contribution in [3.63, 3.8) is 0 Å². The van der Waals surface area contributed by atoms with E-state index in [1.807, 2.05) is 24.1 Å². The van der Waals surface area contributed by atoms with Gasteiger partial charge in [-0.2, -0.15) is 0 Å². The maximum absolute atomic E-state index is 12.5. The van der Waals surface area contributed by atoms with Crippen LogP contribution in [0.1, 0.15) is 32.1 Å². The van der Waals surface area contributed by atoms with Gasteiger partial charge < -0.3 is 14.6 Å². The third kappa shape index (κ3) is 3.58. The number of hydrogen-bond donors (Lipinski definition) is 1. The number of benzene rings is 1. The van der Waals surface area contributed by atoms with Gasteiger partial charge in [0, 0.05) is 44.4 Å². The second kappa shape index (κ2) is 7.18. The Balaban J connectivity index is 1.55. The van der Waals surface area contributed by atoms with Crippen LogP contribution in [-0.2, 0) is 11.3 Å². The number of nitrogens with zero attached hydrogens (tertiary/aromatic N) is 2. The largest absolute Gasteiger partial charge is 0.396 e. The molecule has 1 saturated carbocycles. The molecule has 3 rings (SSSR count). The number of para-hydroxylation sites is 1. The van der Waals surface area contributed by atoms with Crippen molar-refractivity contribution in [1.82, 2.24) is 9.47 Å². The highest BCUT2D eigenvalue weighted by atomic mass is 16.3. The molecule has 4 heteroatoms. The van der Waals surface area contributed by atoms with Gasteiger partial charge in [-0.15, -0.1) is 0 Å². The first-order chi connectivity index (χ1) is 11.2. The molecule has 0 radical (unpaired) electrons. The highest BCUT2D eigenvalue weighted by molar-refractivity contribution is 5.80. The van der Waals surface area contributed by atoms with Crippen LogP contribution in [0, 0.1) is 5.92 Å². The SMILES string of the molecule is CN(C(=O)CCn1ccc2ccccc21)C1CCC(CO)CC1. The Kier molecular flexibility index (Phi) is 5.01. The third-order valence-electron chi connectivity index (χ3n) is 5.26. The number of aliphatic hydroxyl groups excluding tert-OH is 1. The summed E-state index contributed by atoms with van der Waals surface area (Å²) < 4.78 is 2.16. The molecule has 0 aliphatic heterocycles. The molecule has 0 bridgehead atoms. The van der Waals surface area contributed by atoms with E-state index in [9.17, 15) is 9.90 Å². The van der Waals surface area contributed by atoms with Crippen LogP contribution in [0.2, 0.25) is 0 Å². The highest BCUT2D eigenvalue weighted by Crippen LogP contribution is 2.27. The molecule has 0 saturated heterocycles. The topological polar surface area (TPSA) is 45.5 Å². The summed E-state index contributed by atoms with van der Waals surface area (Å²) in [5.74, 6) is 0.649. The van der Waals surface area contributed by atoms with Crippen LogP contribution in [-0.4, -0.2) is 40.2 Å². The molecule has 1 aliphatic rings. The Labute approximate surface area is 137 Å². The van der Waals surface area contributed by atoms with Crippen LogP contribution in [0.4, 0.5) is 0 Å². The summed E-state index contributed by atoms with van der Waals surface area (Å²) in [6, 6.07) is 10.7. The van der Waals surface area contributed by atoms with Gasteiger partial charge in [-0.1, -0.05) is 18.2 Å². The molecule has 1 aromatic carbocycles. The number of fused-ring (bicyclic) bond motifs is 1. The number of rotatable bonds is 5. The molecule has 1 amide bonds. The predicted molar refractivity (Wildman–Crippen MR) is 92.2 cm³/mol. The van der Waals surface area contributed by atoms with Crippen LogP contribution >= 0.6 is 0 Å². The van der Waals surface area contributed by atoms with Crippen LogP contribution < -0.4 is 0 Å². The molecule has 0 atom stereocenters. The zero-order chi connectivity index (χ0) is 16.2. The predicted octanol–water partition coefficient (Wildman–Crippen LogP) is 3.04. The van der Waals surface area contributed by atoms with Gasteiger partial charge in [-0.3, -0.25) is 4.79 Å². The Morgan fingerprint density at radius 3 is 2.70 bits per heavy atom. The number of aryl methyl sites for hydroxylation is 1. The lowest BCUT2D eigenvalue weighted by Crippen LogP contribution is -2.40. The van der Waals surface area contributed by atoms with E-state index in [-0.39, 0.29) is 12.5 Å². The van der Waals surface area contributed by atoms with Crippen molar-refractivity contribution in [1.29, 1.82) is 0 Å². The first-order valence-electron chi connectivity index (χ1n) is 8.59. The summed E-state index contributed by atoms with van der Waals surface area (Å²) in [5, 5.41) is 10.4. The van der Waals surface area contributed by atoms with E-state index >= 15 is 0 Å². The summed E-state index contributed by atoms with van der Waals surface area (Å²) in [6.45, 7) is 1.01. The standard InChI is InChI=1S/C19H26N2O2/c1-20(17-8-6-15(14-22)7-9-17)19(23)11-13-21-12-10-16-4-2-3-5-18(16)21/h2-5,10,12,15,17,22H,6-9,11,13-14H2,1H3. The molecule has 1 aliphatic carbocycles. The third-order valence-corrected chi connectivity index (χ3v) is 5.26. The normalized spacial score (nSPS) is 21.5. The fourth-order valence-corrected chi connectivity index (χ4v) is 3.65. The average Bonchev–Trinajstić information content (AvgIpc) is 3.02. The summed E-state index contributed by atoms with van der Waals surface area (Å²) in [6.07, 6.45) is 6.68. The zero-order valence-corrected chi connectivity index (χ0v) is 13.8. The number of aromatic nitrogens is 1. The first-order valence-corrected chi connectivity index (χ1v) is 8.59. The number of carbonyl (C=O) groups excluding carboxylic acids is 1. The van der Waals surface area contributed by atoms with Crippen molar-refractivity contribution in [2.24, 2.45) is 5.92 Å². The Bertz CT molecular complexity index is 656. The average molecular weight is 314 g/mol. The summed E-state index contributed by atoms with van der Waals surface area (Å²) in [5.41, 5.74) is 1.19. The summed E-state index contributed by atoms with van der Waals surface area (Å²) in [4.78, 5) is 14.4. The number of hydrogen-bond acceptors (Lipinski definition) is 2. The molecule has 1 aromatic heterocycles. The number of amides is 1. The molecular formula is C19H26N2O2. The summed E-state index contributed by atoms with van der Waals surface area (Å²) in [7, 11) is 1.93. The van der Waals surface area contributed by atoms with Crippen molar-refractivity contribution in [2.75, 3.05) is 13.7 Å². The molecule has 23 heavy (non-hydrogen) atoms. The molecule has 0 spiro atoms. The van der Waals surface area contributed by atoms with Gasteiger partial charge in [0.25, 0.3) is 0 Å². The molecule has 4 nitrogen and oxygen atoms in total. The minimum absolute atomic E-state index is 0.218. The van der Waals surface area contributed by atoms with Gasteiger partial charge in [-0.25, -0.2) is 0 Å². The highest BCUT2D eigenvalue weighted by Gasteiger charge is 2.25. The van der Waals surface area contributed by atoms with Gasteiger partial charge >= 0.3 is 0 Å². The van der Waals surface area contributed by atoms with E-state index in [2.05, 4.69) is 29.0 Å². The van der Waals surface area contributed by atoms with Crippen molar-refractivity contribution < 1.29 is 9.90 Å². The van der Waals surface area contributed by atoms with E-state index in [0.29, 0.717) is 18.4 Å². The second-order valence-corrected chi connectivity index (χ2v) is 6.68. The molecule has 1 fully saturated rings. The minimum Gasteiger partial charge on any atom is -0.396 e. The fourth-order valence-electron chi connectivity index (χ4n) is 3.65. The zero-order valence-electron chi connectivity index (χ0n) is 13.8. The Morgan fingerprint density at radius 2 is 1.96 bits per heavy atom. The Hall–Kier alpha value is -1.81. The van der Waals surface area contributed by atoms with Crippen LogP contribution in [0.25, 0.3) is 10.9 Å². The first kappa shape index (κ1) is 16.1. The van der Waals surface area contributed by atoms with Crippen molar-refractivity contribution in [3.05, 3.63) is 36.5 Å². The lowest BCUT2D eigenvalue weighted by atomic mass is 9.86. The minimum atomic E-state index is 0.218. The summed E-state index contributed by atoms with van der Waals surface area (Å²) >= 11 is 0. The van der Waals surface area contributed by atoms with Crippen LogP contribution in [0.3, 0.4) is 0 Å². The smallest absolute Gasteiger partial charge is 0.224 e. The van der Waals surface area contributed by atoms with Crippen LogP contribution in [0.15, 0.2) is 36.5 Å². The molecular weight excluding hydrogens is 288 g/mol. The molecule has 2 aromatic rings. The van der Waals surface area contributed by atoms with E-state index in [1.54, 1.807) is 0 Å². The van der Waals surface area contributed by atoms with E-state index < -0.39 is 0 Å². The van der Waals surface area contributed by atoms with E-state index in [1.165, 1.54) is 10.9 Å². The lowest BCUT2D eigenvalue weighted by Gasteiger charge is -2.34. The van der Waals surface area contributed by atoms with Gasteiger partial charge in [0.05, 0.1) is 0 Å². The van der Waals surface area contributed by atoms with Crippen molar-refractivity contribution in [2.45, 2.75) is 44.7 Å². The van der Waals surface area contributed by atoms with Gasteiger partial charge in [-0.05, 0) is 49.1 Å². The van der Waals surface area contributed by atoms with Gasteiger partial charge in [0.2, 0.25) is 5.91 Å². The van der Waals surface area contributed by atoms with E-state index in [4.69, 9.17) is 0 Å². The lowest BCUT2D eigenvalue weighted by molar-refractivity contribution is -0.133. The van der Waals surface area contributed by atoms with Gasteiger partial charge in [0.1, 0.15) is 0 Å². The molecule has 1 N–H and O–H groups in total. The quantitative estimate of drug-likeness (QED) is 0.922. The maximum Gasteiger partial charge on any atom is 0.224 e. The van der Waals surface area contributed by atoms with Crippen molar-refractivity contribution in [3.8, 4) is 0 Å².